The largest absolute Gasteiger partial charge is 0.478 e. The van der Waals surface area contributed by atoms with E-state index in [1.165, 1.54) is 12.1 Å². The Labute approximate surface area is 181 Å². The molecular weight excluding hydrogens is 422 g/mol. The lowest BCUT2D eigenvalue weighted by atomic mass is 10.2. The van der Waals surface area contributed by atoms with Crippen LogP contribution in [-0.4, -0.2) is 75.3 Å². The Kier molecular flexibility index (Phi) is 5.92. The summed E-state index contributed by atoms with van der Waals surface area (Å²) in [6.07, 6.45) is 3.30. The van der Waals surface area contributed by atoms with E-state index in [0.29, 0.717) is 37.7 Å². The summed E-state index contributed by atoms with van der Waals surface area (Å²) >= 11 is 0.776. The van der Waals surface area contributed by atoms with Crippen LogP contribution in [0, 0.1) is 0 Å². The zero-order valence-corrected chi connectivity index (χ0v) is 17.2. The average Bonchev–Trinajstić information content (AvgIpc) is 3.34. The minimum Gasteiger partial charge on any atom is -0.478 e. The highest BCUT2D eigenvalue weighted by atomic mass is 32.2. The number of benzene rings is 1. The van der Waals surface area contributed by atoms with E-state index in [1.54, 1.807) is 46.0 Å². The number of carboxylic acid groups (broad SMARTS) is 1. The molecule has 0 spiro atoms. The molecule has 0 radical (unpaired) electrons. The van der Waals surface area contributed by atoms with Gasteiger partial charge in [-0.1, -0.05) is 6.07 Å². The molecule has 10 heteroatoms. The Morgan fingerprint density at radius 1 is 1.13 bits per heavy atom. The first-order valence-corrected chi connectivity index (χ1v) is 10.4. The number of imide groups is 1. The normalized spacial score (nSPS) is 18.1. The van der Waals surface area contributed by atoms with Crippen LogP contribution in [0.5, 0.6) is 0 Å². The first kappa shape index (κ1) is 20.9. The summed E-state index contributed by atoms with van der Waals surface area (Å²) in [5, 5.41) is 8.72. The summed E-state index contributed by atoms with van der Waals surface area (Å²) in [6.45, 7) is 1.45. The number of aromatic nitrogens is 1. The van der Waals surface area contributed by atoms with Gasteiger partial charge in [0.05, 0.1) is 23.7 Å². The summed E-state index contributed by atoms with van der Waals surface area (Å²) in [4.78, 5) is 51.6. The van der Waals surface area contributed by atoms with Crippen molar-refractivity contribution in [3.63, 3.8) is 0 Å². The number of rotatable bonds is 5. The summed E-state index contributed by atoms with van der Waals surface area (Å²) in [7, 11) is 0. The van der Waals surface area contributed by atoms with E-state index in [0.717, 1.165) is 16.7 Å². The van der Waals surface area contributed by atoms with Gasteiger partial charge < -0.3 is 19.3 Å². The highest BCUT2D eigenvalue weighted by Gasteiger charge is 2.37. The van der Waals surface area contributed by atoms with Crippen LogP contribution in [0.4, 0.5) is 4.79 Å². The van der Waals surface area contributed by atoms with Gasteiger partial charge in [-0.2, -0.15) is 0 Å². The van der Waals surface area contributed by atoms with Crippen LogP contribution >= 0.6 is 11.8 Å². The number of carboxylic acids is 1. The molecule has 2 aliphatic rings. The Morgan fingerprint density at radius 3 is 2.65 bits per heavy atom. The molecule has 4 rings (SSSR count). The lowest BCUT2D eigenvalue weighted by Crippen LogP contribution is -2.46. The molecule has 2 fully saturated rings. The van der Waals surface area contributed by atoms with Crippen LogP contribution in [0.15, 0.2) is 47.5 Å². The fourth-order valence-corrected chi connectivity index (χ4v) is 4.18. The number of morpholine rings is 1. The number of thioether (sulfide) groups is 1. The number of aromatic carboxylic acids is 1. The first-order chi connectivity index (χ1) is 14.9. The van der Waals surface area contributed by atoms with Crippen LogP contribution in [0.25, 0.3) is 11.8 Å². The zero-order valence-electron chi connectivity index (χ0n) is 16.4. The van der Waals surface area contributed by atoms with Gasteiger partial charge in [0.15, 0.2) is 0 Å². The Bertz CT molecular complexity index is 1090. The lowest BCUT2D eigenvalue weighted by molar-refractivity contribution is -0.139. The fraction of sp³-hybridized carbons (Fsp3) is 0.238. The SMILES string of the molecule is O=C(O)c1cccc(-n2cccc2/C=C2/SC(=O)N(CC(=O)N3CCOCC3)C2=O)c1. The number of hydrogen-bond donors (Lipinski definition) is 1. The van der Waals surface area contributed by atoms with E-state index >= 15 is 0 Å². The van der Waals surface area contributed by atoms with E-state index in [-0.39, 0.29) is 22.9 Å². The maximum absolute atomic E-state index is 12.8. The molecule has 9 nitrogen and oxygen atoms in total. The molecule has 1 aromatic carbocycles. The lowest BCUT2D eigenvalue weighted by Gasteiger charge is -2.28. The van der Waals surface area contributed by atoms with Gasteiger partial charge in [-0.05, 0) is 48.2 Å². The van der Waals surface area contributed by atoms with E-state index < -0.39 is 17.1 Å². The predicted molar refractivity (Wildman–Crippen MR) is 113 cm³/mol. The van der Waals surface area contributed by atoms with Crippen LogP contribution in [-0.2, 0) is 14.3 Å². The van der Waals surface area contributed by atoms with Gasteiger partial charge in [0, 0.05) is 30.7 Å². The van der Waals surface area contributed by atoms with Crippen molar-refractivity contribution >= 4 is 40.9 Å². The van der Waals surface area contributed by atoms with Gasteiger partial charge in [0.1, 0.15) is 6.54 Å². The van der Waals surface area contributed by atoms with E-state index in [1.807, 2.05) is 0 Å². The van der Waals surface area contributed by atoms with Crippen molar-refractivity contribution in [2.24, 2.45) is 0 Å². The molecule has 2 aliphatic heterocycles. The van der Waals surface area contributed by atoms with Crippen molar-refractivity contribution in [1.82, 2.24) is 14.4 Å². The number of hydrogen-bond acceptors (Lipinski definition) is 6. The molecule has 3 heterocycles. The monoisotopic (exact) mass is 441 g/mol. The molecule has 0 unspecified atom stereocenters. The maximum atomic E-state index is 12.8. The molecule has 31 heavy (non-hydrogen) atoms. The molecule has 3 amide bonds. The fourth-order valence-electron chi connectivity index (χ4n) is 3.35. The van der Waals surface area contributed by atoms with E-state index in [9.17, 15) is 24.3 Å². The molecule has 0 aliphatic carbocycles. The van der Waals surface area contributed by atoms with Crippen LogP contribution in [0.2, 0.25) is 0 Å². The molecule has 2 saturated heterocycles. The second kappa shape index (κ2) is 8.78. The number of carbonyl (C=O) groups is 4. The highest BCUT2D eigenvalue weighted by Crippen LogP contribution is 2.32. The topological polar surface area (TPSA) is 109 Å². The quantitative estimate of drug-likeness (QED) is 0.708. The minimum atomic E-state index is -1.04. The molecule has 0 atom stereocenters. The van der Waals surface area contributed by atoms with Crippen molar-refractivity contribution in [2.45, 2.75) is 0 Å². The zero-order chi connectivity index (χ0) is 22.0. The maximum Gasteiger partial charge on any atom is 0.335 e. The minimum absolute atomic E-state index is 0.138. The number of amides is 3. The molecule has 1 N–H and O–H groups in total. The van der Waals surface area contributed by atoms with Crippen molar-refractivity contribution < 1.29 is 29.0 Å². The second-order valence-corrected chi connectivity index (χ2v) is 7.91. The molecule has 160 valence electrons. The van der Waals surface area contributed by atoms with E-state index in [2.05, 4.69) is 0 Å². The third-order valence-electron chi connectivity index (χ3n) is 4.96. The van der Waals surface area contributed by atoms with Crippen molar-refractivity contribution in [3.05, 3.63) is 58.8 Å². The van der Waals surface area contributed by atoms with Crippen molar-refractivity contribution in [3.8, 4) is 5.69 Å². The number of carbonyl (C=O) groups excluding carboxylic acids is 3. The van der Waals surface area contributed by atoms with Crippen LogP contribution in [0.3, 0.4) is 0 Å². The average molecular weight is 441 g/mol. The predicted octanol–water partition coefficient (Wildman–Crippen LogP) is 2.07. The van der Waals surface area contributed by atoms with E-state index in [4.69, 9.17) is 4.74 Å². The highest BCUT2D eigenvalue weighted by molar-refractivity contribution is 8.18. The molecule has 0 bridgehead atoms. The third kappa shape index (κ3) is 4.39. The standard InChI is InChI=1S/C21H19N3O6S/c25-18(22-7-9-30-10-8-22)13-24-19(26)17(31-21(24)29)12-16-5-2-6-23(16)15-4-1-3-14(11-15)20(27)28/h1-6,11-12H,7-10,13H2,(H,27,28)/b17-12+. The Balaban J connectivity index is 1.54. The van der Waals surface area contributed by atoms with Gasteiger partial charge in [-0.3, -0.25) is 19.3 Å². The van der Waals surface area contributed by atoms with Crippen molar-refractivity contribution in [2.75, 3.05) is 32.8 Å². The number of nitrogens with zero attached hydrogens (tertiary/aromatic N) is 3. The second-order valence-electron chi connectivity index (χ2n) is 6.92. The molecular formula is C21H19N3O6S. The van der Waals surface area contributed by atoms with Crippen molar-refractivity contribution in [1.29, 1.82) is 0 Å². The molecule has 2 aromatic rings. The summed E-state index contributed by atoms with van der Waals surface area (Å²) < 4.78 is 6.94. The smallest absolute Gasteiger partial charge is 0.335 e. The summed E-state index contributed by atoms with van der Waals surface area (Å²) in [5.41, 5.74) is 1.35. The third-order valence-corrected chi connectivity index (χ3v) is 5.87. The van der Waals surface area contributed by atoms with Gasteiger partial charge in [-0.25, -0.2) is 4.79 Å². The van der Waals surface area contributed by atoms with Crippen LogP contribution in [0.1, 0.15) is 16.1 Å². The summed E-state index contributed by atoms with van der Waals surface area (Å²) in [5.74, 6) is -1.86. The number of ether oxygens (including phenoxy) is 1. The summed E-state index contributed by atoms with van der Waals surface area (Å²) in [6, 6.07) is 9.90. The first-order valence-electron chi connectivity index (χ1n) is 9.56. The molecule has 0 saturated carbocycles. The van der Waals surface area contributed by atoms with Gasteiger partial charge in [-0.15, -0.1) is 0 Å². The Morgan fingerprint density at radius 2 is 1.90 bits per heavy atom. The molecule has 1 aromatic heterocycles. The Hall–Kier alpha value is -3.37. The van der Waals surface area contributed by atoms with Gasteiger partial charge >= 0.3 is 5.97 Å². The van der Waals surface area contributed by atoms with Gasteiger partial charge in [0.25, 0.3) is 11.1 Å². The van der Waals surface area contributed by atoms with Gasteiger partial charge in [0.2, 0.25) is 5.91 Å². The van der Waals surface area contributed by atoms with Crippen LogP contribution < -0.4 is 0 Å².